The quantitative estimate of drug-likeness (QED) is 0.716. The fourth-order valence-corrected chi connectivity index (χ4v) is 1.56. The fourth-order valence-electron chi connectivity index (χ4n) is 1.56. The molecular weight excluding hydrogens is 228 g/mol. The highest BCUT2D eigenvalue weighted by molar-refractivity contribution is 5.95. The second kappa shape index (κ2) is 6.52. The number of carbonyl (C=O) groups excluding carboxylic acids is 1. The highest BCUT2D eigenvalue weighted by Crippen LogP contribution is 2.22. The summed E-state index contributed by atoms with van der Waals surface area (Å²) in [6.45, 7) is 4.28. The monoisotopic (exact) mass is 250 g/mol. The molecule has 0 spiro atoms. The van der Waals surface area contributed by atoms with Crippen LogP contribution in [0.1, 0.15) is 25.8 Å². The molecule has 0 bridgehead atoms. The molecule has 0 aromatic heterocycles. The molecule has 0 fully saturated rings. The van der Waals surface area contributed by atoms with Crippen LogP contribution in [0, 0.1) is 5.41 Å². The van der Waals surface area contributed by atoms with Gasteiger partial charge in [0.1, 0.15) is 0 Å². The maximum Gasteiger partial charge on any atom is 0.231 e. The van der Waals surface area contributed by atoms with Gasteiger partial charge in [0.15, 0.2) is 0 Å². The van der Waals surface area contributed by atoms with Crippen LogP contribution in [0.2, 0.25) is 0 Å². The Labute approximate surface area is 108 Å². The number of aliphatic hydroxyl groups is 1. The molecule has 1 aromatic rings. The molecular formula is C14H22N2O2. The number of nitrogens with two attached hydrogens (primary N) is 1. The third-order valence-corrected chi connectivity index (χ3v) is 3.39. The van der Waals surface area contributed by atoms with E-state index in [0.717, 1.165) is 11.3 Å². The van der Waals surface area contributed by atoms with Crippen molar-refractivity contribution < 1.29 is 9.90 Å². The molecule has 4 N–H and O–H groups in total. The Kier molecular flexibility index (Phi) is 5.31. The van der Waals surface area contributed by atoms with E-state index in [9.17, 15) is 4.79 Å². The maximum absolute atomic E-state index is 12.1. The summed E-state index contributed by atoms with van der Waals surface area (Å²) >= 11 is 0. The fraction of sp³-hybridized carbons (Fsp3) is 0.500. The third kappa shape index (κ3) is 3.55. The number of hydrogen-bond donors (Lipinski definition) is 3. The Bertz CT molecular complexity index is 383. The van der Waals surface area contributed by atoms with Gasteiger partial charge in [0.05, 0.1) is 5.41 Å². The van der Waals surface area contributed by atoms with Crippen molar-refractivity contribution in [1.29, 1.82) is 0 Å². The highest BCUT2D eigenvalue weighted by atomic mass is 16.2. The average molecular weight is 250 g/mol. The molecule has 0 saturated carbocycles. The lowest BCUT2D eigenvalue weighted by atomic mass is 9.86. The molecule has 100 valence electrons. The lowest BCUT2D eigenvalue weighted by Gasteiger charge is -2.24. The molecule has 0 aliphatic heterocycles. The molecule has 1 amide bonds. The molecule has 18 heavy (non-hydrogen) atoms. The SMILES string of the molecule is CCC(C)(CN)C(=O)Nc1ccc(CCO)cc1. The standard InChI is InChI=1S/C14H22N2O2/c1-3-14(2,10-15)13(18)16-12-6-4-11(5-7-12)8-9-17/h4-7,17H,3,8-10,15H2,1-2H3,(H,16,18). The second-order valence-electron chi connectivity index (χ2n) is 4.74. The van der Waals surface area contributed by atoms with E-state index in [1.54, 1.807) is 0 Å². The van der Waals surface area contributed by atoms with Crippen LogP contribution in [0.15, 0.2) is 24.3 Å². The van der Waals surface area contributed by atoms with Crippen molar-refractivity contribution >= 4 is 11.6 Å². The first-order valence-corrected chi connectivity index (χ1v) is 6.27. The molecule has 0 radical (unpaired) electrons. The number of amides is 1. The first-order chi connectivity index (χ1) is 8.55. The second-order valence-corrected chi connectivity index (χ2v) is 4.74. The first kappa shape index (κ1) is 14.7. The van der Waals surface area contributed by atoms with Crippen molar-refractivity contribution in [2.45, 2.75) is 26.7 Å². The lowest BCUT2D eigenvalue weighted by molar-refractivity contribution is -0.124. The number of benzene rings is 1. The summed E-state index contributed by atoms with van der Waals surface area (Å²) in [6, 6.07) is 7.49. The molecule has 0 aliphatic carbocycles. The summed E-state index contributed by atoms with van der Waals surface area (Å²) < 4.78 is 0. The van der Waals surface area contributed by atoms with Crippen molar-refractivity contribution in [2.75, 3.05) is 18.5 Å². The topological polar surface area (TPSA) is 75.4 Å². The van der Waals surface area contributed by atoms with Crippen LogP contribution >= 0.6 is 0 Å². The predicted octanol–water partition coefficient (Wildman–Crippen LogP) is 1.53. The Morgan fingerprint density at radius 2 is 2.00 bits per heavy atom. The van der Waals surface area contributed by atoms with Gasteiger partial charge < -0.3 is 16.2 Å². The average Bonchev–Trinajstić information content (AvgIpc) is 2.40. The van der Waals surface area contributed by atoms with Crippen molar-refractivity contribution in [2.24, 2.45) is 11.1 Å². The first-order valence-electron chi connectivity index (χ1n) is 6.27. The molecule has 0 saturated heterocycles. The summed E-state index contributed by atoms with van der Waals surface area (Å²) in [5, 5.41) is 11.7. The van der Waals surface area contributed by atoms with Crippen LogP contribution in [-0.4, -0.2) is 24.2 Å². The minimum atomic E-state index is -0.524. The predicted molar refractivity (Wildman–Crippen MR) is 73.3 cm³/mol. The van der Waals surface area contributed by atoms with E-state index in [0.29, 0.717) is 19.4 Å². The van der Waals surface area contributed by atoms with Crippen molar-refractivity contribution in [3.05, 3.63) is 29.8 Å². The van der Waals surface area contributed by atoms with E-state index in [1.807, 2.05) is 38.1 Å². The van der Waals surface area contributed by atoms with Gasteiger partial charge in [-0.3, -0.25) is 4.79 Å². The molecule has 1 unspecified atom stereocenters. The van der Waals surface area contributed by atoms with Gasteiger partial charge in [-0.2, -0.15) is 0 Å². The molecule has 4 nitrogen and oxygen atoms in total. The molecule has 0 heterocycles. The third-order valence-electron chi connectivity index (χ3n) is 3.39. The Balaban J connectivity index is 2.70. The van der Waals surface area contributed by atoms with E-state index in [-0.39, 0.29) is 12.5 Å². The van der Waals surface area contributed by atoms with E-state index >= 15 is 0 Å². The minimum Gasteiger partial charge on any atom is -0.396 e. The molecule has 1 aromatic carbocycles. The van der Waals surface area contributed by atoms with E-state index in [2.05, 4.69) is 5.32 Å². The van der Waals surface area contributed by atoms with Gasteiger partial charge in [-0.1, -0.05) is 19.1 Å². The van der Waals surface area contributed by atoms with Crippen molar-refractivity contribution in [1.82, 2.24) is 0 Å². The van der Waals surface area contributed by atoms with Gasteiger partial charge in [0.2, 0.25) is 5.91 Å². The van der Waals surface area contributed by atoms with Gasteiger partial charge in [-0.15, -0.1) is 0 Å². The largest absolute Gasteiger partial charge is 0.396 e. The number of anilines is 1. The van der Waals surface area contributed by atoms with Gasteiger partial charge in [0, 0.05) is 18.8 Å². The Morgan fingerprint density at radius 3 is 2.44 bits per heavy atom. The maximum atomic E-state index is 12.1. The summed E-state index contributed by atoms with van der Waals surface area (Å²) in [5.74, 6) is -0.0533. The van der Waals surface area contributed by atoms with E-state index in [4.69, 9.17) is 10.8 Å². The van der Waals surface area contributed by atoms with Crippen molar-refractivity contribution in [3.8, 4) is 0 Å². The van der Waals surface area contributed by atoms with Crippen LogP contribution < -0.4 is 11.1 Å². The van der Waals surface area contributed by atoms with E-state index < -0.39 is 5.41 Å². The number of carbonyl (C=O) groups is 1. The summed E-state index contributed by atoms with van der Waals surface area (Å²) in [6.07, 6.45) is 1.33. The van der Waals surface area contributed by atoms with E-state index in [1.165, 1.54) is 0 Å². The van der Waals surface area contributed by atoms with Crippen molar-refractivity contribution in [3.63, 3.8) is 0 Å². The zero-order chi connectivity index (χ0) is 13.6. The molecule has 1 atom stereocenters. The Hall–Kier alpha value is -1.39. The van der Waals surface area contributed by atoms with Crippen LogP contribution in [0.3, 0.4) is 0 Å². The summed E-state index contributed by atoms with van der Waals surface area (Å²) in [7, 11) is 0. The van der Waals surface area contributed by atoms with Gasteiger partial charge in [-0.25, -0.2) is 0 Å². The molecule has 1 rings (SSSR count). The minimum absolute atomic E-state index is 0.0533. The normalized spacial score (nSPS) is 14.0. The Morgan fingerprint density at radius 1 is 1.39 bits per heavy atom. The highest BCUT2D eigenvalue weighted by Gasteiger charge is 2.29. The van der Waals surface area contributed by atoms with Crippen LogP contribution in [-0.2, 0) is 11.2 Å². The smallest absolute Gasteiger partial charge is 0.231 e. The number of rotatable bonds is 6. The molecule has 4 heteroatoms. The van der Waals surface area contributed by atoms with Crippen LogP contribution in [0.4, 0.5) is 5.69 Å². The lowest BCUT2D eigenvalue weighted by Crippen LogP contribution is -2.39. The molecule has 0 aliphatic rings. The number of aliphatic hydroxyl groups excluding tert-OH is 1. The summed E-state index contributed by atoms with van der Waals surface area (Å²) in [4.78, 5) is 12.1. The zero-order valence-corrected chi connectivity index (χ0v) is 11.1. The number of hydrogen-bond acceptors (Lipinski definition) is 3. The number of nitrogens with one attached hydrogen (secondary N) is 1. The van der Waals surface area contributed by atoms with Gasteiger partial charge in [-0.05, 0) is 37.5 Å². The van der Waals surface area contributed by atoms with Crippen LogP contribution in [0.5, 0.6) is 0 Å². The zero-order valence-electron chi connectivity index (χ0n) is 11.1. The summed E-state index contributed by atoms with van der Waals surface area (Å²) in [5.41, 5.74) is 6.93. The van der Waals surface area contributed by atoms with Gasteiger partial charge >= 0.3 is 0 Å². The van der Waals surface area contributed by atoms with Crippen LogP contribution in [0.25, 0.3) is 0 Å². The van der Waals surface area contributed by atoms with Gasteiger partial charge in [0.25, 0.3) is 0 Å².